The third-order valence-corrected chi connectivity index (χ3v) is 6.21. The fraction of sp³-hybridized carbons (Fsp3) is 0.565. The molecule has 31 heavy (non-hydrogen) atoms. The summed E-state index contributed by atoms with van der Waals surface area (Å²) in [5.74, 6) is 1.60. The lowest BCUT2D eigenvalue weighted by atomic mass is 10.0. The summed E-state index contributed by atoms with van der Waals surface area (Å²) < 4.78 is 7.37. The van der Waals surface area contributed by atoms with Crippen LogP contribution in [0.15, 0.2) is 41.7 Å². The first kappa shape index (κ1) is 22.1. The van der Waals surface area contributed by atoms with Gasteiger partial charge in [0.25, 0.3) is 0 Å². The quantitative estimate of drug-likeness (QED) is 0.507. The van der Waals surface area contributed by atoms with Crippen LogP contribution in [0.2, 0.25) is 5.02 Å². The minimum atomic E-state index is 0.464. The monoisotopic (exact) mass is 444 g/mol. The lowest BCUT2D eigenvalue weighted by Gasteiger charge is -2.34. The predicted octanol–water partition coefficient (Wildman–Crippen LogP) is 3.08. The van der Waals surface area contributed by atoms with Crippen molar-refractivity contribution in [3.05, 3.63) is 47.2 Å². The van der Waals surface area contributed by atoms with E-state index in [1.165, 1.54) is 13.0 Å². The Hall–Kier alpha value is -2.09. The molecule has 2 aliphatic rings. The molecule has 1 aromatic carbocycles. The molecule has 0 amide bonds. The molecule has 0 bridgehead atoms. The topological polar surface area (TPSA) is 66.7 Å². The third-order valence-electron chi connectivity index (χ3n) is 5.96. The summed E-state index contributed by atoms with van der Waals surface area (Å²) in [6.45, 7) is 8.86. The van der Waals surface area contributed by atoms with Gasteiger partial charge in [0.15, 0.2) is 5.96 Å². The van der Waals surface area contributed by atoms with Crippen LogP contribution in [0.1, 0.15) is 31.7 Å². The molecule has 168 valence electrons. The van der Waals surface area contributed by atoms with Gasteiger partial charge in [-0.1, -0.05) is 11.6 Å². The Morgan fingerprint density at radius 1 is 1.23 bits per heavy atom. The van der Waals surface area contributed by atoms with Crippen LogP contribution in [0, 0.1) is 5.92 Å². The van der Waals surface area contributed by atoms with Crippen LogP contribution in [0.3, 0.4) is 0 Å². The van der Waals surface area contributed by atoms with Gasteiger partial charge in [0.05, 0.1) is 25.0 Å². The van der Waals surface area contributed by atoms with E-state index in [9.17, 15) is 0 Å². The van der Waals surface area contributed by atoms with Crippen molar-refractivity contribution in [3.8, 4) is 5.69 Å². The van der Waals surface area contributed by atoms with E-state index < -0.39 is 0 Å². The lowest BCUT2D eigenvalue weighted by molar-refractivity contribution is 0.150. The maximum absolute atomic E-state index is 5.98. The first-order valence-electron chi connectivity index (χ1n) is 11.3. The zero-order chi connectivity index (χ0) is 21.5. The Morgan fingerprint density at radius 2 is 2.03 bits per heavy atom. The molecule has 0 radical (unpaired) electrons. The fourth-order valence-corrected chi connectivity index (χ4v) is 4.34. The van der Waals surface area contributed by atoms with Crippen molar-refractivity contribution in [2.24, 2.45) is 10.9 Å². The van der Waals surface area contributed by atoms with Gasteiger partial charge >= 0.3 is 0 Å². The molecule has 1 aromatic heterocycles. The van der Waals surface area contributed by atoms with Crippen molar-refractivity contribution in [1.29, 1.82) is 0 Å². The van der Waals surface area contributed by atoms with Gasteiger partial charge in [-0.3, -0.25) is 0 Å². The summed E-state index contributed by atoms with van der Waals surface area (Å²) >= 11 is 5.98. The minimum Gasteiger partial charge on any atom is -0.381 e. The second kappa shape index (κ2) is 11.0. The van der Waals surface area contributed by atoms with Crippen LogP contribution in [0.25, 0.3) is 5.69 Å². The molecule has 7 nitrogen and oxygen atoms in total. The Kier molecular flexibility index (Phi) is 7.83. The number of aliphatic imine (C=N–C) groups is 1. The number of guanidine groups is 1. The van der Waals surface area contributed by atoms with Crippen LogP contribution >= 0.6 is 11.6 Å². The summed E-state index contributed by atoms with van der Waals surface area (Å²) in [6.07, 6.45) is 7.39. The van der Waals surface area contributed by atoms with Gasteiger partial charge in [0.2, 0.25) is 0 Å². The highest BCUT2D eigenvalue weighted by molar-refractivity contribution is 6.30. The predicted molar refractivity (Wildman–Crippen MR) is 125 cm³/mol. The molecular formula is C23H33ClN6O. The summed E-state index contributed by atoms with van der Waals surface area (Å²) in [7, 11) is 0. The third kappa shape index (κ3) is 6.45. The van der Waals surface area contributed by atoms with E-state index >= 15 is 0 Å². The summed E-state index contributed by atoms with van der Waals surface area (Å²) in [6, 6.07) is 8.12. The van der Waals surface area contributed by atoms with E-state index in [0.717, 1.165) is 73.8 Å². The van der Waals surface area contributed by atoms with E-state index in [4.69, 9.17) is 21.3 Å². The van der Waals surface area contributed by atoms with Crippen LogP contribution < -0.4 is 10.6 Å². The Bertz CT molecular complexity index is 838. The van der Waals surface area contributed by atoms with E-state index in [0.29, 0.717) is 12.6 Å². The van der Waals surface area contributed by atoms with E-state index in [2.05, 4.69) is 27.6 Å². The number of halogens is 1. The van der Waals surface area contributed by atoms with E-state index in [-0.39, 0.29) is 0 Å². The average molecular weight is 445 g/mol. The molecule has 2 N–H and O–H groups in total. The molecule has 3 heterocycles. The number of likely N-dealkylation sites (tertiary alicyclic amines) is 1. The number of ether oxygens (including phenoxy) is 1. The standard InChI is InChI=1S/C23H33ClN6O/c1-2-25-23(28-21-7-10-29(11-8-21)15-18-9-12-31-17-18)26-13-19-14-27-30(16-19)22-5-3-20(24)4-6-22/h3-6,14,16,18,21H,2,7-13,15,17H2,1H3,(H2,25,26,28). The highest BCUT2D eigenvalue weighted by atomic mass is 35.5. The molecule has 0 saturated carbocycles. The van der Waals surface area contributed by atoms with Gasteiger partial charge in [0, 0.05) is 55.6 Å². The molecule has 2 fully saturated rings. The summed E-state index contributed by atoms with van der Waals surface area (Å²) in [5, 5.41) is 12.2. The molecule has 2 aromatic rings. The SMILES string of the molecule is CCNC(=NCc1cnn(-c2ccc(Cl)cc2)c1)NC1CCN(CC2CCOC2)CC1. The number of piperidine rings is 1. The Balaban J connectivity index is 1.28. The highest BCUT2D eigenvalue weighted by Gasteiger charge is 2.24. The molecule has 0 spiro atoms. The van der Waals surface area contributed by atoms with E-state index in [1.807, 2.05) is 41.3 Å². The van der Waals surface area contributed by atoms with Gasteiger partial charge in [-0.15, -0.1) is 0 Å². The van der Waals surface area contributed by atoms with Crippen molar-refractivity contribution in [3.63, 3.8) is 0 Å². The molecule has 1 atom stereocenters. The van der Waals surface area contributed by atoms with Crippen LogP contribution in [-0.2, 0) is 11.3 Å². The molecule has 0 aliphatic carbocycles. The van der Waals surface area contributed by atoms with Crippen LogP contribution in [0.4, 0.5) is 0 Å². The van der Waals surface area contributed by atoms with Gasteiger partial charge in [0.1, 0.15) is 0 Å². The smallest absolute Gasteiger partial charge is 0.191 e. The second-order valence-electron chi connectivity index (χ2n) is 8.41. The van der Waals surface area contributed by atoms with Crippen LogP contribution in [-0.4, -0.2) is 66.1 Å². The number of rotatable bonds is 7. The Labute approximate surface area is 189 Å². The van der Waals surface area contributed by atoms with Crippen molar-refractivity contribution in [2.75, 3.05) is 39.4 Å². The maximum atomic E-state index is 5.98. The highest BCUT2D eigenvalue weighted by Crippen LogP contribution is 2.18. The normalized spacial score (nSPS) is 20.8. The van der Waals surface area contributed by atoms with Crippen LogP contribution in [0.5, 0.6) is 0 Å². The zero-order valence-corrected chi connectivity index (χ0v) is 19.0. The number of hydrogen-bond donors (Lipinski definition) is 2. The molecule has 4 rings (SSSR count). The zero-order valence-electron chi connectivity index (χ0n) is 18.3. The van der Waals surface area contributed by atoms with Gasteiger partial charge in [-0.05, 0) is 56.4 Å². The van der Waals surface area contributed by atoms with Gasteiger partial charge in [-0.2, -0.15) is 5.10 Å². The maximum Gasteiger partial charge on any atom is 0.191 e. The van der Waals surface area contributed by atoms with Crippen molar-refractivity contribution in [2.45, 2.75) is 38.8 Å². The molecule has 8 heteroatoms. The largest absolute Gasteiger partial charge is 0.381 e. The summed E-state index contributed by atoms with van der Waals surface area (Å²) in [5.41, 5.74) is 2.06. The summed E-state index contributed by atoms with van der Waals surface area (Å²) in [4.78, 5) is 7.38. The number of benzene rings is 1. The average Bonchev–Trinajstić information content (AvgIpc) is 3.46. The molecule has 1 unspecified atom stereocenters. The van der Waals surface area contributed by atoms with Gasteiger partial charge < -0.3 is 20.3 Å². The minimum absolute atomic E-state index is 0.464. The number of aromatic nitrogens is 2. The lowest BCUT2D eigenvalue weighted by Crippen LogP contribution is -2.49. The number of hydrogen-bond acceptors (Lipinski definition) is 4. The molecule has 2 saturated heterocycles. The van der Waals surface area contributed by atoms with E-state index in [1.54, 1.807) is 0 Å². The first-order valence-corrected chi connectivity index (χ1v) is 11.7. The van der Waals surface area contributed by atoms with Gasteiger partial charge in [-0.25, -0.2) is 9.67 Å². The van der Waals surface area contributed by atoms with Crippen molar-refractivity contribution in [1.82, 2.24) is 25.3 Å². The number of nitrogens with one attached hydrogen (secondary N) is 2. The number of nitrogens with zero attached hydrogens (tertiary/aromatic N) is 4. The Morgan fingerprint density at radius 3 is 2.74 bits per heavy atom. The fourth-order valence-electron chi connectivity index (χ4n) is 4.21. The van der Waals surface area contributed by atoms with Crippen molar-refractivity contribution >= 4 is 17.6 Å². The molecule has 2 aliphatic heterocycles. The first-order chi connectivity index (χ1) is 15.2. The molecular weight excluding hydrogens is 412 g/mol. The second-order valence-corrected chi connectivity index (χ2v) is 8.85. The van der Waals surface area contributed by atoms with Crippen molar-refractivity contribution < 1.29 is 4.74 Å².